The molecule has 1 aromatic rings. The van der Waals surface area contributed by atoms with Crippen LogP contribution in [0.15, 0.2) is 18.2 Å². The molecule has 120 valence electrons. The fourth-order valence-corrected chi connectivity index (χ4v) is 2.09. The lowest BCUT2D eigenvalue weighted by molar-refractivity contribution is -0.134. The number of nitrogens with one attached hydrogen (secondary N) is 1. The summed E-state index contributed by atoms with van der Waals surface area (Å²) in [6, 6.07) is 5.52. The number of hydrogen-bond donors (Lipinski definition) is 1. The van der Waals surface area contributed by atoms with Crippen LogP contribution in [0.1, 0.15) is 26.3 Å². The van der Waals surface area contributed by atoms with E-state index in [1.807, 2.05) is 32.0 Å². The molecule has 0 unspecified atom stereocenters. The Morgan fingerprint density at radius 2 is 2.00 bits per heavy atom. The third kappa shape index (κ3) is 4.38. The third-order valence-electron chi connectivity index (χ3n) is 3.30. The van der Waals surface area contributed by atoms with Crippen molar-refractivity contribution in [2.45, 2.75) is 27.3 Å². The Kier molecular flexibility index (Phi) is 5.25. The molecule has 1 heterocycles. The van der Waals surface area contributed by atoms with Crippen LogP contribution in [0.25, 0.3) is 0 Å². The van der Waals surface area contributed by atoms with Crippen LogP contribution in [0.3, 0.4) is 0 Å². The Labute approximate surface area is 130 Å². The third-order valence-corrected chi connectivity index (χ3v) is 3.30. The van der Waals surface area contributed by atoms with Gasteiger partial charge in [-0.05, 0) is 23.6 Å². The molecule has 2 amide bonds. The van der Waals surface area contributed by atoms with Gasteiger partial charge in [0.25, 0.3) is 0 Å². The Balaban J connectivity index is 1.97. The lowest BCUT2D eigenvalue weighted by atomic mass is 10.2. The van der Waals surface area contributed by atoms with Crippen LogP contribution in [0, 0.1) is 5.92 Å². The molecule has 0 aliphatic carbocycles. The summed E-state index contributed by atoms with van der Waals surface area (Å²) in [5, 5.41) is 2.82. The normalized spacial score (nSPS) is 12.4. The molecule has 6 nitrogen and oxygen atoms in total. The van der Waals surface area contributed by atoms with E-state index in [9.17, 15) is 9.59 Å². The molecular weight excluding hydrogens is 284 g/mol. The summed E-state index contributed by atoms with van der Waals surface area (Å²) in [4.78, 5) is 25.1. The summed E-state index contributed by atoms with van der Waals surface area (Å²) >= 11 is 0. The molecular formula is C16H22N2O4. The highest BCUT2D eigenvalue weighted by molar-refractivity contribution is 5.83. The highest BCUT2D eigenvalue weighted by atomic mass is 16.7. The smallest absolute Gasteiger partial charge is 0.239 e. The van der Waals surface area contributed by atoms with Crippen LogP contribution < -0.4 is 14.8 Å². The minimum Gasteiger partial charge on any atom is -0.454 e. The van der Waals surface area contributed by atoms with Crippen LogP contribution in [-0.4, -0.2) is 36.6 Å². The SMILES string of the molecule is CC(=O)N(CC(=O)NCC(C)C)Cc1ccc2c(c1)OCO2. The maximum atomic E-state index is 11.9. The first-order valence-electron chi connectivity index (χ1n) is 7.36. The Morgan fingerprint density at radius 1 is 1.27 bits per heavy atom. The lowest BCUT2D eigenvalue weighted by Crippen LogP contribution is -2.40. The van der Waals surface area contributed by atoms with E-state index in [1.165, 1.54) is 11.8 Å². The molecule has 22 heavy (non-hydrogen) atoms. The number of rotatable bonds is 6. The number of carbonyl (C=O) groups is 2. The summed E-state index contributed by atoms with van der Waals surface area (Å²) in [6.07, 6.45) is 0. The van der Waals surface area contributed by atoms with Gasteiger partial charge in [-0.15, -0.1) is 0 Å². The van der Waals surface area contributed by atoms with Gasteiger partial charge >= 0.3 is 0 Å². The van der Waals surface area contributed by atoms with Gasteiger partial charge in [-0.25, -0.2) is 0 Å². The Morgan fingerprint density at radius 3 is 2.68 bits per heavy atom. The van der Waals surface area contributed by atoms with Crippen molar-refractivity contribution >= 4 is 11.8 Å². The van der Waals surface area contributed by atoms with Crippen LogP contribution in [0.2, 0.25) is 0 Å². The lowest BCUT2D eigenvalue weighted by Gasteiger charge is -2.21. The number of amides is 2. The number of hydrogen-bond acceptors (Lipinski definition) is 4. The first kappa shape index (κ1) is 16.1. The molecule has 0 bridgehead atoms. The van der Waals surface area contributed by atoms with Crippen molar-refractivity contribution in [1.82, 2.24) is 10.2 Å². The van der Waals surface area contributed by atoms with E-state index in [2.05, 4.69) is 5.32 Å². The second-order valence-electron chi connectivity index (χ2n) is 5.76. The van der Waals surface area contributed by atoms with Crippen LogP contribution in [0.5, 0.6) is 11.5 Å². The predicted octanol–water partition coefficient (Wildman–Crippen LogP) is 1.54. The van der Waals surface area contributed by atoms with Crippen molar-refractivity contribution in [2.75, 3.05) is 19.9 Å². The molecule has 2 rings (SSSR count). The largest absolute Gasteiger partial charge is 0.454 e. The molecule has 0 saturated carbocycles. The van der Waals surface area contributed by atoms with E-state index in [4.69, 9.17) is 9.47 Å². The standard InChI is InChI=1S/C16H22N2O4/c1-11(2)7-17-16(20)9-18(12(3)19)8-13-4-5-14-15(6-13)22-10-21-14/h4-6,11H,7-10H2,1-3H3,(H,17,20). The zero-order valence-electron chi connectivity index (χ0n) is 13.2. The summed E-state index contributed by atoms with van der Waals surface area (Å²) in [7, 11) is 0. The van der Waals surface area contributed by atoms with E-state index in [0.29, 0.717) is 30.5 Å². The van der Waals surface area contributed by atoms with Gasteiger partial charge in [0.1, 0.15) is 0 Å². The van der Waals surface area contributed by atoms with Crippen molar-refractivity contribution in [1.29, 1.82) is 0 Å². The topological polar surface area (TPSA) is 67.9 Å². The fraction of sp³-hybridized carbons (Fsp3) is 0.500. The van der Waals surface area contributed by atoms with E-state index in [1.54, 1.807) is 0 Å². The van der Waals surface area contributed by atoms with Gasteiger partial charge < -0.3 is 19.7 Å². The van der Waals surface area contributed by atoms with Crippen molar-refractivity contribution < 1.29 is 19.1 Å². The zero-order valence-corrected chi connectivity index (χ0v) is 13.2. The van der Waals surface area contributed by atoms with E-state index in [-0.39, 0.29) is 25.2 Å². The Hall–Kier alpha value is -2.24. The molecule has 0 spiro atoms. The van der Waals surface area contributed by atoms with Gasteiger partial charge in [0.15, 0.2) is 11.5 Å². The minimum absolute atomic E-state index is 0.0521. The molecule has 1 aliphatic heterocycles. The van der Waals surface area contributed by atoms with Crippen molar-refractivity contribution in [3.63, 3.8) is 0 Å². The predicted molar refractivity (Wildman–Crippen MR) is 81.5 cm³/mol. The second-order valence-corrected chi connectivity index (χ2v) is 5.76. The van der Waals surface area contributed by atoms with Crippen molar-refractivity contribution in [3.05, 3.63) is 23.8 Å². The fourth-order valence-electron chi connectivity index (χ4n) is 2.09. The van der Waals surface area contributed by atoms with Crippen molar-refractivity contribution in [3.8, 4) is 11.5 Å². The number of ether oxygens (including phenoxy) is 2. The zero-order chi connectivity index (χ0) is 16.1. The highest BCUT2D eigenvalue weighted by Gasteiger charge is 2.17. The van der Waals surface area contributed by atoms with E-state index in [0.717, 1.165) is 5.56 Å². The minimum atomic E-state index is -0.148. The number of nitrogens with zero attached hydrogens (tertiary/aromatic N) is 1. The quantitative estimate of drug-likeness (QED) is 0.865. The van der Waals surface area contributed by atoms with Crippen molar-refractivity contribution in [2.24, 2.45) is 5.92 Å². The van der Waals surface area contributed by atoms with E-state index >= 15 is 0 Å². The highest BCUT2D eigenvalue weighted by Crippen LogP contribution is 2.32. The average Bonchev–Trinajstić information content (AvgIpc) is 2.91. The molecule has 0 aromatic heterocycles. The first-order valence-corrected chi connectivity index (χ1v) is 7.36. The summed E-state index contributed by atoms with van der Waals surface area (Å²) in [5.74, 6) is 1.46. The molecule has 1 aromatic carbocycles. The molecule has 6 heteroatoms. The maximum absolute atomic E-state index is 11.9. The van der Waals surface area contributed by atoms with Gasteiger partial charge in [-0.2, -0.15) is 0 Å². The molecule has 0 atom stereocenters. The molecule has 1 aliphatic rings. The average molecular weight is 306 g/mol. The van der Waals surface area contributed by atoms with Gasteiger partial charge in [-0.1, -0.05) is 19.9 Å². The van der Waals surface area contributed by atoms with Crippen LogP contribution in [-0.2, 0) is 16.1 Å². The van der Waals surface area contributed by atoms with Gasteiger partial charge in [0.2, 0.25) is 18.6 Å². The molecule has 0 radical (unpaired) electrons. The number of carbonyl (C=O) groups excluding carboxylic acids is 2. The summed E-state index contributed by atoms with van der Waals surface area (Å²) in [6.45, 7) is 6.74. The second kappa shape index (κ2) is 7.15. The van der Waals surface area contributed by atoms with Crippen LogP contribution in [0.4, 0.5) is 0 Å². The number of benzene rings is 1. The molecule has 1 N–H and O–H groups in total. The monoisotopic (exact) mass is 306 g/mol. The van der Waals surface area contributed by atoms with E-state index < -0.39 is 0 Å². The van der Waals surface area contributed by atoms with Crippen LogP contribution >= 0.6 is 0 Å². The summed E-state index contributed by atoms with van der Waals surface area (Å²) in [5.41, 5.74) is 0.899. The first-order chi connectivity index (χ1) is 10.5. The van der Waals surface area contributed by atoms with Gasteiger partial charge in [-0.3, -0.25) is 9.59 Å². The number of fused-ring (bicyclic) bond motifs is 1. The maximum Gasteiger partial charge on any atom is 0.239 e. The Bertz CT molecular complexity index is 557. The van der Waals surface area contributed by atoms with Gasteiger partial charge in [0, 0.05) is 20.0 Å². The summed E-state index contributed by atoms with van der Waals surface area (Å²) < 4.78 is 10.6. The van der Waals surface area contributed by atoms with Gasteiger partial charge in [0.05, 0.1) is 6.54 Å². The molecule has 0 saturated heterocycles. The molecule has 0 fully saturated rings.